The fourth-order valence-corrected chi connectivity index (χ4v) is 3.17. The van der Waals surface area contributed by atoms with E-state index < -0.39 is 0 Å². The molecule has 0 bridgehead atoms. The van der Waals surface area contributed by atoms with Crippen LogP contribution < -0.4 is 15.2 Å². The van der Waals surface area contributed by atoms with E-state index in [-0.39, 0.29) is 17.6 Å². The van der Waals surface area contributed by atoms with Crippen molar-refractivity contribution in [1.82, 2.24) is 0 Å². The Morgan fingerprint density at radius 1 is 1.10 bits per heavy atom. The Labute approximate surface area is 122 Å². The smallest absolute Gasteiger partial charge is 0.120 e. The summed E-state index contributed by atoms with van der Waals surface area (Å²) < 4.78 is 11.7. The number of rotatable bonds is 7. The van der Waals surface area contributed by atoms with Gasteiger partial charge < -0.3 is 15.2 Å². The lowest BCUT2D eigenvalue weighted by Gasteiger charge is -2.53. The van der Waals surface area contributed by atoms with E-state index in [2.05, 4.69) is 20.8 Å². The lowest BCUT2D eigenvalue weighted by atomic mass is 9.59. The van der Waals surface area contributed by atoms with Crippen LogP contribution in [0.15, 0.2) is 24.3 Å². The third-order valence-corrected chi connectivity index (χ3v) is 4.74. The summed E-state index contributed by atoms with van der Waals surface area (Å²) in [6, 6.07) is 8.21. The van der Waals surface area contributed by atoms with Gasteiger partial charge >= 0.3 is 0 Å². The molecule has 2 unspecified atom stereocenters. The van der Waals surface area contributed by atoms with Crippen LogP contribution in [0.4, 0.5) is 0 Å². The Bertz CT molecular complexity index is 412. The van der Waals surface area contributed by atoms with E-state index >= 15 is 0 Å². The van der Waals surface area contributed by atoms with Crippen LogP contribution >= 0.6 is 0 Å². The van der Waals surface area contributed by atoms with Gasteiger partial charge in [0.2, 0.25) is 0 Å². The summed E-state index contributed by atoms with van der Waals surface area (Å²) in [6.45, 7) is 7.28. The zero-order chi connectivity index (χ0) is 14.6. The van der Waals surface area contributed by atoms with Gasteiger partial charge in [-0.2, -0.15) is 0 Å². The number of benzene rings is 1. The van der Waals surface area contributed by atoms with Gasteiger partial charge in [0.15, 0.2) is 0 Å². The predicted molar refractivity (Wildman–Crippen MR) is 82.3 cm³/mol. The second kappa shape index (κ2) is 6.49. The minimum Gasteiger partial charge on any atom is -0.494 e. The third-order valence-electron chi connectivity index (χ3n) is 4.74. The van der Waals surface area contributed by atoms with Crippen molar-refractivity contribution in [2.45, 2.75) is 58.6 Å². The molecule has 1 aliphatic rings. The molecule has 112 valence electrons. The minimum absolute atomic E-state index is 0.150. The highest BCUT2D eigenvalue weighted by atomic mass is 16.5. The summed E-state index contributed by atoms with van der Waals surface area (Å²) in [7, 11) is 0. The molecule has 2 atom stereocenters. The van der Waals surface area contributed by atoms with Crippen molar-refractivity contribution in [1.29, 1.82) is 0 Å². The van der Waals surface area contributed by atoms with Crippen LogP contribution in [0.2, 0.25) is 0 Å². The highest BCUT2D eigenvalue weighted by molar-refractivity contribution is 5.32. The molecule has 1 aromatic rings. The summed E-state index contributed by atoms with van der Waals surface area (Å²) >= 11 is 0. The number of ether oxygens (including phenoxy) is 2. The average molecular weight is 277 g/mol. The largest absolute Gasteiger partial charge is 0.494 e. The zero-order valence-corrected chi connectivity index (χ0v) is 12.9. The summed E-state index contributed by atoms with van der Waals surface area (Å²) in [5, 5.41) is 0. The SMILES string of the molecule is CCCOc1ccc(OC2CC(N)C2(CC)CC)cc1. The molecule has 1 fully saturated rings. The highest BCUT2D eigenvalue weighted by Crippen LogP contribution is 2.47. The van der Waals surface area contributed by atoms with Crippen LogP contribution in [0, 0.1) is 5.41 Å². The van der Waals surface area contributed by atoms with Crippen molar-refractivity contribution in [3.63, 3.8) is 0 Å². The standard InChI is InChI=1S/C17H27NO2/c1-4-11-19-13-7-9-14(10-8-13)20-16-12-15(18)17(16,5-2)6-3/h7-10,15-16H,4-6,11-12,18H2,1-3H3. The Balaban J connectivity index is 1.97. The second-order valence-corrected chi connectivity index (χ2v) is 5.71. The Hall–Kier alpha value is -1.22. The Kier molecular flexibility index (Phi) is 4.92. The number of hydrogen-bond acceptors (Lipinski definition) is 3. The van der Waals surface area contributed by atoms with Gasteiger partial charge in [0.05, 0.1) is 6.61 Å². The van der Waals surface area contributed by atoms with Crippen molar-refractivity contribution in [3.8, 4) is 11.5 Å². The molecule has 2 rings (SSSR count). The van der Waals surface area contributed by atoms with Crippen molar-refractivity contribution in [2.24, 2.45) is 11.1 Å². The van der Waals surface area contributed by atoms with E-state index in [0.717, 1.165) is 43.8 Å². The topological polar surface area (TPSA) is 44.5 Å². The fraction of sp³-hybridized carbons (Fsp3) is 0.647. The molecule has 1 aromatic carbocycles. The molecule has 3 heteroatoms. The molecule has 0 radical (unpaired) electrons. The third kappa shape index (κ3) is 2.78. The van der Waals surface area contributed by atoms with Crippen LogP contribution in [0.1, 0.15) is 46.5 Å². The molecular formula is C17H27NO2. The van der Waals surface area contributed by atoms with Gasteiger partial charge in [0.1, 0.15) is 17.6 Å². The number of hydrogen-bond donors (Lipinski definition) is 1. The van der Waals surface area contributed by atoms with E-state index in [4.69, 9.17) is 15.2 Å². The first-order valence-corrected chi connectivity index (χ1v) is 7.81. The molecule has 3 nitrogen and oxygen atoms in total. The normalized spacial score (nSPS) is 24.0. The second-order valence-electron chi connectivity index (χ2n) is 5.71. The predicted octanol–water partition coefficient (Wildman–Crippen LogP) is 3.76. The minimum atomic E-state index is 0.150. The monoisotopic (exact) mass is 277 g/mol. The molecule has 2 N–H and O–H groups in total. The van der Waals surface area contributed by atoms with E-state index in [1.165, 1.54) is 0 Å². The first-order valence-electron chi connectivity index (χ1n) is 7.81. The van der Waals surface area contributed by atoms with Gasteiger partial charge in [-0.1, -0.05) is 20.8 Å². The van der Waals surface area contributed by atoms with Crippen molar-refractivity contribution in [2.75, 3.05) is 6.61 Å². The zero-order valence-electron chi connectivity index (χ0n) is 12.9. The first-order chi connectivity index (χ1) is 9.66. The maximum atomic E-state index is 6.20. The molecule has 1 aliphatic carbocycles. The van der Waals surface area contributed by atoms with Crippen LogP contribution in [0.25, 0.3) is 0 Å². The molecule has 20 heavy (non-hydrogen) atoms. The Morgan fingerprint density at radius 2 is 1.70 bits per heavy atom. The molecule has 0 spiro atoms. The van der Waals surface area contributed by atoms with Gasteiger partial charge in [0, 0.05) is 17.9 Å². The van der Waals surface area contributed by atoms with Gasteiger partial charge in [0.25, 0.3) is 0 Å². The maximum Gasteiger partial charge on any atom is 0.120 e. The van der Waals surface area contributed by atoms with E-state index in [1.54, 1.807) is 0 Å². The Morgan fingerprint density at radius 3 is 2.20 bits per heavy atom. The summed E-state index contributed by atoms with van der Waals surface area (Å²) in [5.41, 5.74) is 6.35. The van der Waals surface area contributed by atoms with E-state index in [0.29, 0.717) is 0 Å². The molecule has 0 heterocycles. The lowest BCUT2D eigenvalue weighted by Crippen LogP contribution is -2.62. The van der Waals surface area contributed by atoms with Crippen LogP contribution in [-0.4, -0.2) is 18.8 Å². The summed E-state index contributed by atoms with van der Waals surface area (Å²) in [5.74, 6) is 1.82. The quantitative estimate of drug-likeness (QED) is 0.825. The van der Waals surface area contributed by atoms with Crippen LogP contribution in [0.3, 0.4) is 0 Å². The molecule has 0 amide bonds. The van der Waals surface area contributed by atoms with Gasteiger partial charge in [-0.25, -0.2) is 0 Å². The van der Waals surface area contributed by atoms with Crippen molar-refractivity contribution in [3.05, 3.63) is 24.3 Å². The molecule has 0 saturated heterocycles. The molecule has 0 aromatic heterocycles. The van der Waals surface area contributed by atoms with Crippen LogP contribution in [-0.2, 0) is 0 Å². The maximum absolute atomic E-state index is 6.20. The van der Waals surface area contributed by atoms with E-state index in [1.807, 2.05) is 24.3 Å². The number of nitrogens with two attached hydrogens (primary N) is 1. The lowest BCUT2D eigenvalue weighted by molar-refractivity contribution is -0.0722. The average Bonchev–Trinajstić information content (AvgIpc) is 2.47. The molecule has 0 aliphatic heterocycles. The van der Waals surface area contributed by atoms with Crippen molar-refractivity contribution < 1.29 is 9.47 Å². The van der Waals surface area contributed by atoms with Gasteiger partial charge in [-0.15, -0.1) is 0 Å². The van der Waals surface area contributed by atoms with Gasteiger partial charge in [-0.05, 0) is 43.5 Å². The van der Waals surface area contributed by atoms with Crippen LogP contribution in [0.5, 0.6) is 11.5 Å². The van der Waals surface area contributed by atoms with E-state index in [9.17, 15) is 0 Å². The molecule has 1 saturated carbocycles. The van der Waals surface area contributed by atoms with Crippen molar-refractivity contribution >= 4 is 0 Å². The molecular weight excluding hydrogens is 250 g/mol. The fourth-order valence-electron chi connectivity index (χ4n) is 3.17. The summed E-state index contributed by atoms with van der Waals surface area (Å²) in [6.07, 6.45) is 4.37. The highest BCUT2D eigenvalue weighted by Gasteiger charge is 2.52. The first kappa shape index (κ1) is 15.2. The van der Waals surface area contributed by atoms with Gasteiger partial charge in [-0.3, -0.25) is 0 Å². The summed E-state index contributed by atoms with van der Waals surface area (Å²) in [4.78, 5) is 0.